The second kappa shape index (κ2) is 8.98. The molecule has 2 atom stereocenters. The molecular formula is C17H19F7N2O3S. The van der Waals surface area contributed by atoms with Gasteiger partial charge in [-0.15, -0.1) is 0 Å². The average Bonchev–Trinajstić information content (AvgIpc) is 2.58. The van der Waals surface area contributed by atoms with Gasteiger partial charge >= 0.3 is 18.0 Å². The van der Waals surface area contributed by atoms with Crippen molar-refractivity contribution >= 4 is 16.7 Å². The number of nitro groups is 1. The Hall–Kier alpha value is -2.05. The van der Waals surface area contributed by atoms with Gasteiger partial charge in [0.1, 0.15) is 16.7 Å². The average molecular weight is 464 g/mol. The first-order valence-corrected chi connectivity index (χ1v) is 9.51. The van der Waals surface area contributed by atoms with Crippen LogP contribution in [-0.2, 0) is 11.0 Å². The Labute approximate surface area is 170 Å². The first-order chi connectivity index (χ1) is 13.4. The molecule has 170 valence electrons. The molecule has 0 aliphatic carbocycles. The Bertz CT molecular complexity index is 806. The highest BCUT2D eigenvalue weighted by atomic mass is 32.2. The van der Waals surface area contributed by atoms with Gasteiger partial charge in [0.25, 0.3) is 0 Å². The van der Waals surface area contributed by atoms with Crippen molar-refractivity contribution in [3.63, 3.8) is 0 Å². The van der Waals surface area contributed by atoms with Crippen molar-refractivity contribution in [1.29, 1.82) is 0 Å². The van der Waals surface area contributed by atoms with Crippen LogP contribution in [0.5, 0.6) is 0 Å². The molecule has 0 radical (unpaired) electrons. The topological polar surface area (TPSA) is 72.6 Å². The Morgan fingerprint density at radius 2 is 1.57 bits per heavy atom. The Morgan fingerprint density at radius 1 is 1.07 bits per heavy atom. The summed E-state index contributed by atoms with van der Waals surface area (Å²) in [5, 5.41) is 10.9. The van der Waals surface area contributed by atoms with E-state index in [9.17, 15) is 45.1 Å². The lowest BCUT2D eigenvalue weighted by Gasteiger charge is -2.30. The zero-order valence-electron chi connectivity index (χ0n) is 16.1. The number of rotatable bonds is 8. The van der Waals surface area contributed by atoms with Gasteiger partial charge in [-0.1, -0.05) is 30.3 Å². The fourth-order valence-corrected chi connectivity index (χ4v) is 2.91. The van der Waals surface area contributed by atoms with Crippen LogP contribution in [0.4, 0.5) is 30.7 Å². The summed E-state index contributed by atoms with van der Waals surface area (Å²) in [6.07, 6.45) is -7.96. The first kappa shape index (κ1) is 26.0. The van der Waals surface area contributed by atoms with Gasteiger partial charge in [-0.25, -0.2) is 4.21 Å². The number of nitrogens with zero attached hydrogens (tertiary/aromatic N) is 2. The highest BCUT2D eigenvalue weighted by Crippen LogP contribution is 2.48. The third-order valence-corrected chi connectivity index (χ3v) is 5.34. The third-order valence-electron chi connectivity index (χ3n) is 3.91. The van der Waals surface area contributed by atoms with Crippen molar-refractivity contribution in [3.05, 3.63) is 46.0 Å². The molecule has 1 unspecified atom stereocenters. The number of benzene rings is 1. The van der Waals surface area contributed by atoms with Gasteiger partial charge < -0.3 is 0 Å². The zero-order chi connectivity index (χ0) is 23.5. The lowest BCUT2D eigenvalue weighted by molar-refractivity contribution is -0.483. The number of hydrogen-bond acceptors (Lipinski definition) is 3. The largest absolute Gasteiger partial charge is 0.460 e. The maximum Gasteiger partial charge on any atom is 0.460 e. The first-order valence-electron chi connectivity index (χ1n) is 8.40. The van der Waals surface area contributed by atoms with Crippen LogP contribution in [0.1, 0.15) is 38.7 Å². The molecule has 0 amide bonds. The molecular weight excluding hydrogens is 445 g/mol. The molecule has 5 nitrogen and oxygen atoms in total. The van der Waals surface area contributed by atoms with Gasteiger partial charge in [0.15, 0.2) is 0 Å². The quantitative estimate of drug-likeness (QED) is 0.231. The second-order valence-corrected chi connectivity index (χ2v) is 9.28. The summed E-state index contributed by atoms with van der Waals surface area (Å²) in [5.74, 6) is -13.9. The molecule has 0 aliphatic heterocycles. The summed E-state index contributed by atoms with van der Waals surface area (Å²) < 4.78 is 108. The second-order valence-electron chi connectivity index (χ2n) is 7.37. The SMILES string of the molecule is CC(C)(C)[S@@](=O)/N=C(/CC(C[N+](=O)[O-])c1ccccc1)C(F)(F)C(F)(F)C(F)(F)F. The highest BCUT2D eigenvalue weighted by molar-refractivity contribution is 7.85. The van der Waals surface area contributed by atoms with Gasteiger partial charge in [0.2, 0.25) is 6.54 Å². The lowest BCUT2D eigenvalue weighted by Crippen LogP contribution is -2.56. The monoisotopic (exact) mass is 464 g/mol. The third kappa shape index (κ3) is 5.99. The standard InChI is InChI=1S/C17H19F7N2O3S/c1-14(2,3)30(29)25-13(15(18,19)16(20,21)17(22,23)24)9-12(10-26(27)28)11-7-5-4-6-8-11/h4-8,12H,9-10H2,1-3H3/b25-13-/t12?,30-/m1/s1. The van der Waals surface area contributed by atoms with Crippen LogP contribution in [0.25, 0.3) is 0 Å². The van der Waals surface area contributed by atoms with Gasteiger partial charge in [0.05, 0.1) is 10.7 Å². The minimum atomic E-state index is -6.63. The van der Waals surface area contributed by atoms with Crippen molar-refractivity contribution in [1.82, 2.24) is 0 Å². The maximum atomic E-state index is 14.4. The van der Waals surface area contributed by atoms with Crippen LogP contribution in [0.3, 0.4) is 0 Å². The smallest absolute Gasteiger partial charge is 0.265 e. The van der Waals surface area contributed by atoms with Crippen LogP contribution in [0.2, 0.25) is 0 Å². The fourth-order valence-electron chi connectivity index (χ4n) is 2.25. The van der Waals surface area contributed by atoms with Crippen molar-refractivity contribution in [2.45, 2.75) is 55.9 Å². The normalized spacial score (nSPS) is 16.3. The molecule has 0 N–H and O–H groups in total. The molecule has 0 saturated heterocycles. The van der Waals surface area contributed by atoms with E-state index in [1.165, 1.54) is 51.1 Å². The van der Waals surface area contributed by atoms with Gasteiger partial charge in [-0.3, -0.25) is 10.1 Å². The molecule has 0 fully saturated rings. The summed E-state index contributed by atoms with van der Waals surface area (Å²) in [4.78, 5) is 10.0. The van der Waals surface area contributed by atoms with Crippen molar-refractivity contribution in [2.24, 2.45) is 4.40 Å². The van der Waals surface area contributed by atoms with E-state index in [0.717, 1.165) is 0 Å². The van der Waals surface area contributed by atoms with E-state index in [0.29, 0.717) is 0 Å². The van der Waals surface area contributed by atoms with Crippen LogP contribution >= 0.6 is 0 Å². The molecule has 0 aromatic heterocycles. The van der Waals surface area contributed by atoms with Crippen LogP contribution in [-0.4, -0.2) is 44.2 Å². The molecule has 0 saturated carbocycles. The van der Waals surface area contributed by atoms with Crippen molar-refractivity contribution < 1.29 is 39.9 Å². The molecule has 13 heteroatoms. The van der Waals surface area contributed by atoms with E-state index < -0.39 is 63.3 Å². The molecule has 30 heavy (non-hydrogen) atoms. The number of halogens is 7. The van der Waals surface area contributed by atoms with Crippen LogP contribution < -0.4 is 0 Å². The van der Waals surface area contributed by atoms with E-state index in [1.54, 1.807) is 0 Å². The minimum absolute atomic E-state index is 0.0505. The molecule has 1 rings (SSSR count). The van der Waals surface area contributed by atoms with E-state index >= 15 is 0 Å². The van der Waals surface area contributed by atoms with Gasteiger partial charge in [-0.05, 0) is 26.3 Å². The number of alkyl halides is 7. The molecule has 0 bridgehead atoms. The summed E-state index contributed by atoms with van der Waals surface area (Å²) in [5.41, 5.74) is -1.97. The van der Waals surface area contributed by atoms with E-state index in [1.807, 2.05) is 0 Å². The summed E-state index contributed by atoms with van der Waals surface area (Å²) in [6, 6.07) is 6.80. The molecule has 0 heterocycles. The number of hydrogen-bond donors (Lipinski definition) is 0. The predicted octanol–water partition coefficient (Wildman–Crippen LogP) is 5.17. The molecule has 0 spiro atoms. The summed E-state index contributed by atoms with van der Waals surface area (Å²) in [7, 11) is -2.62. The zero-order valence-corrected chi connectivity index (χ0v) is 16.9. The maximum absolute atomic E-state index is 14.4. The summed E-state index contributed by atoms with van der Waals surface area (Å²) in [6.45, 7) is 2.70. The van der Waals surface area contributed by atoms with E-state index in [2.05, 4.69) is 4.40 Å². The Morgan fingerprint density at radius 3 is 1.97 bits per heavy atom. The van der Waals surface area contributed by atoms with E-state index in [-0.39, 0.29) is 5.56 Å². The Kier molecular flexibility index (Phi) is 7.78. The van der Waals surface area contributed by atoms with Crippen molar-refractivity contribution in [2.75, 3.05) is 6.54 Å². The molecule has 1 aromatic rings. The lowest BCUT2D eigenvalue weighted by atomic mass is 9.90. The van der Waals surface area contributed by atoms with E-state index in [4.69, 9.17) is 0 Å². The van der Waals surface area contributed by atoms with Crippen LogP contribution in [0, 0.1) is 10.1 Å². The highest BCUT2D eigenvalue weighted by Gasteiger charge is 2.75. The molecule has 1 aromatic carbocycles. The van der Waals surface area contributed by atoms with Crippen molar-refractivity contribution in [3.8, 4) is 0 Å². The Balaban J connectivity index is 3.59. The predicted molar refractivity (Wildman–Crippen MR) is 96.9 cm³/mol. The minimum Gasteiger partial charge on any atom is -0.265 e. The molecule has 0 aliphatic rings. The van der Waals surface area contributed by atoms with Crippen LogP contribution in [0.15, 0.2) is 34.7 Å². The van der Waals surface area contributed by atoms with Gasteiger partial charge in [0, 0.05) is 11.3 Å². The summed E-state index contributed by atoms with van der Waals surface area (Å²) >= 11 is 0. The fraction of sp³-hybridized carbons (Fsp3) is 0.588. The van der Waals surface area contributed by atoms with Gasteiger partial charge in [-0.2, -0.15) is 35.1 Å².